The molecule has 0 radical (unpaired) electrons. The normalized spacial score (nSPS) is 16.1. The van der Waals surface area contributed by atoms with E-state index in [4.69, 9.17) is 21.1 Å². The lowest BCUT2D eigenvalue weighted by Crippen LogP contribution is -2.41. The van der Waals surface area contributed by atoms with Gasteiger partial charge in [-0.3, -0.25) is 0 Å². The van der Waals surface area contributed by atoms with Crippen LogP contribution in [0.1, 0.15) is 51.5 Å². The summed E-state index contributed by atoms with van der Waals surface area (Å²) in [5.74, 6) is 1.99. The third-order valence-corrected chi connectivity index (χ3v) is 4.31. The molecular formula is C19H28ClNO3. The maximum Gasteiger partial charge on any atom is 0.410 e. The van der Waals surface area contributed by atoms with Crippen molar-refractivity contribution in [3.05, 3.63) is 29.8 Å². The quantitative estimate of drug-likeness (QED) is 0.563. The van der Waals surface area contributed by atoms with Crippen molar-refractivity contribution in [2.45, 2.75) is 51.6 Å². The van der Waals surface area contributed by atoms with Gasteiger partial charge < -0.3 is 14.4 Å². The summed E-state index contributed by atoms with van der Waals surface area (Å²) < 4.78 is 11.1. The SMILES string of the molecule is CC(C)(C)OC(=O)N1CCC(c2ccc(OCCCCl)cc2)CC1. The van der Waals surface area contributed by atoms with Crippen molar-refractivity contribution in [2.24, 2.45) is 0 Å². The molecule has 5 heteroatoms. The molecule has 0 aromatic heterocycles. The predicted octanol–water partition coefficient (Wildman–Crippen LogP) is 4.81. The molecule has 0 saturated carbocycles. The summed E-state index contributed by atoms with van der Waals surface area (Å²) in [6.07, 6.45) is 2.58. The second kappa shape index (κ2) is 8.61. The summed E-state index contributed by atoms with van der Waals surface area (Å²) >= 11 is 5.65. The molecule has 1 fully saturated rings. The van der Waals surface area contributed by atoms with Crippen molar-refractivity contribution < 1.29 is 14.3 Å². The Labute approximate surface area is 150 Å². The smallest absolute Gasteiger partial charge is 0.410 e. The third-order valence-electron chi connectivity index (χ3n) is 4.04. The minimum atomic E-state index is -0.437. The van der Waals surface area contributed by atoms with Crippen LogP contribution >= 0.6 is 11.6 Å². The molecule has 1 aromatic rings. The summed E-state index contributed by atoms with van der Waals surface area (Å²) in [6.45, 7) is 7.83. The second-order valence-electron chi connectivity index (χ2n) is 7.20. The van der Waals surface area contributed by atoms with Gasteiger partial charge in [-0.05, 0) is 63.6 Å². The highest BCUT2D eigenvalue weighted by Gasteiger charge is 2.27. The molecule has 1 aliphatic heterocycles. The topological polar surface area (TPSA) is 38.8 Å². The monoisotopic (exact) mass is 353 g/mol. The van der Waals surface area contributed by atoms with E-state index >= 15 is 0 Å². The molecule has 1 heterocycles. The summed E-state index contributed by atoms with van der Waals surface area (Å²) in [6, 6.07) is 8.29. The molecule has 0 bridgehead atoms. The van der Waals surface area contributed by atoms with Crippen LogP contribution in [0.25, 0.3) is 0 Å². The lowest BCUT2D eigenvalue weighted by molar-refractivity contribution is 0.0205. The number of halogens is 1. The van der Waals surface area contributed by atoms with Crippen LogP contribution in [0, 0.1) is 0 Å². The average molecular weight is 354 g/mol. The summed E-state index contributed by atoms with van der Waals surface area (Å²) in [5.41, 5.74) is 0.872. The zero-order chi connectivity index (χ0) is 17.6. The van der Waals surface area contributed by atoms with E-state index in [-0.39, 0.29) is 6.09 Å². The van der Waals surface area contributed by atoms with Crippen LogP contribution in [-0.2, 0) is 4.74 Å². The zero-order valence-electron chi connectivity index (χ0n) is 14.9. The first-order valence-electron chi connectivity index (χ1n) is 8.66. The lowest BCUT2D eigenvalue weighted by atomic mass is 9.89. The van der Waals surface area contributed by atoms with Crippen LogP contribution in [0.15, 0.2) is 24.3 Å². The van der Waals surface area contributed by atoms with Crippen LogP contribution in [0.4, 0.5) is 4.79 Å². The molecule has 134 valence electrons. The van der Waals surface area contributed by atoms with E-state index in [1.165, 1.54) is 5.56 Å². The Morgan fingerprint density at radius 2 is 1.83 bits per heavy atom. The fourth-order valence-corrected chi connectivity index (χ4v) is 2.91. The number of benzene rings is 1. The number of likely N-dealkylation sites (tertiary alicyclic amines) is 1. The van der Waals surface area contributed by atoms with Gasteiger partial charge in [0.25, 0.3) is 0 Å². The lowest BCUT2D eigenvalue weighted by Gasteiger charge is -2.33. The molecule has 0 atom stereocenters. The maximum absolute atomic E-state index is 12.1. The molecule has 0 N–H and O–H groups in total. The van der Waals surface area contributed by atoms with Gasteiger partial charge >= 0.3 is 6.09 Å². The van der Waals surface area contributed by atoms with Gasteiger partial charge in [0.1, 0.15) is 11.4 Å². The highest BCUT2D eigenvalue weighted by molar-refractivity contribution is 6.17. The molecule has 1 amide bonds. The van der Waals surface area contributed by atoms with Crippen molar-refractivity contribution in [3.8, 4) is 5.75 Å². The van der Waals surface area contributed by atoms with Crippen molar-refractivity contribution >= 4 is 17.7 Å². The van der Waals surface area contributed by atoms with E-state index in [1.807, 2.05) is 37.8 Å². The summed E-state index contributed by atoms with van der Waals surface area (Å²) in [4.78, 5) is 13.9. The standard InChI is InChI=1S/C19H28ClNO3/c1-19(2,3)24-18(22)21-12-9-16(10-13-21)15-5-7-17(8-6-15)23-14-4-11-20/h5-8,16H,4,9-14H2,1-3H3. The highest BCUT2D eigenvalue weighted by Crippen LogP contribution is 2.29. The number of piperidine rings is 1. The van der Waals surface area contributed by atoms with E-state index in [0.29, 0.717) is 18.4 Å². The number of ether oxygens (including phenoxy) is 2. The third kappa shape index (κ3) is 5.90. The minimum Gasteiger partial charge on any atom is -0.494 e. The van der Waals surface area contributed by atoms with Gasteiger partial charge in [0.05, 0.1) is 6.61 Å². The number of alkyl halides is 1. The minimum absolute atomic E-state index is 0.205. The van der Waals surface area contributed by atoms with Crippen molar-refractivity contribution in [1.29, 1.82) is 0 Å². The van der Waals surface area contributed by atoms with Crippen LogP contribution in [0.2, 0.25) is 0 Å². The number of carbonyl (C=O) groups is 1. The number of hydrogen-bond donors (Lipinski definition) is 0. The molecule has 24 heavy (non-hydrogen) atoms. The zero-order valence-corrected chi connectivity index (χ0v) is 15.6. The molecule has 1 aliphatic rings. The average Bonchev–Trinajstić information content (AvgIpc) is 2.54. The fraction of sp³-hybridized carbons (Fsp3) is 0.632. The largest absolute Gasteiger partial charge is 0.494 e. The van der Waals surface area contributed by atoms with Crippen LogP contribution in [-0.4, -0.2) is 42.2 Å². The molecular weight excluding hydrogens is 326 g/mol. The predicted molar refractivity (Wildman–Crippen MR) is 97.1 cm³/mol. The van der Waals surface area contributed by atoms with E-state index in [1.54, 1.807) is 0 Å². The van der Waals surface area contributed by atoms with Crippen LogP contribution in [0.5, 0.6) is 5.75 Å². The van der Waals surface area contributed by atoms with Gasteiger partial charge in [0.2, 0.25) is 0 Å². The van der Waals surface area contributed by atoms with E-state index in [0.717, 1.165) is 38.1 Å². The Morgan fingerprint density at radius 3 is 2.38 bits per heavy atom. The number of amides is 1. The van der Waals surface area contributed by atoms with Crippen molar-refractivity contribution in [2.75, 3.05) is 25.6 Å². The van der Waals surface area contributed by atoms with Crippen LogP contribution < -0.4 is 4.74 Å². The molecule has 1 saturated heterocycles. The number of rotatable bonds is 5. The van der Waals surface area contributed by atoms with Gasteiger partial charge in [-0.1, -0.05) is 12.1 Å². The molecule has 0 unspecified atom stereocenters. The highest BCUT2D eigenvalue weighted by atomic mass is 35.5. The summed E-state index contributed by atoms with van der Waals surface area (Å²) in [7, 11) is 0. The van der Waals surface area contributed by atoms with Gasteiger partial charge in [0, 0.05) is 19.0 Å². The Balaban J connectivity index is 1.82. The van der Waals surface area contributed by atoms with Gasteiger partial charge in [-0.2, -0.15) is 0 Å². The Morgan fingerprint density at radius 1 is 1.21 bits per heavy atom. The maximum atomic E-state index is 12.1. The Bertz CT molecular complexity index is 516. The number of carbonyl (C=O) groups excluding carboxylic acids is 1. The molecule has 4 nitrogen and oxygen atoms in total. The molecule has 0 spiro atoms. The molecule has 0 aliphatic carbocycles. The summed E-state index contributed by atoms with van der Waals surface area (Å²) in [5, 5.41) is 0. The van der Waals surface area contributed by atoms with Crippen molar-refractivity contribution in [1.82, 2.24) is 4.90 Å². The van der Waals surface area contributed by atoms with E-state index in [9.17, 15) is 4.79 Å². The van der Waals surface area contributed by atoms with Gasteiger partial charge in [-0.25, -0.2) is 4.79 Å². The van der Waals surface area contributed by atoms with Gasteiger partial charge in [-0.15, -0.1) is 11.6 Å². The molecule has 1 aromatic carbocycles. The number of nitrogens with zero attached hydrogens (tertiary/aromatic N) is 1. The second-order valence-corrected chi connectivity index (χ2v) is 7.58. The van der Waals surface area contributed by atoms with E-state index < -0.39 is 5.60 Å². The Kier molecular flexibility index (Phi) is 6.79. The first kappa shape index (κ1) is 18.9. The first-order valence-corrected chi connectivity index (χ1v) is 9.19. The molecule has 2 rings (SSSR count). The van der Waals surface area contributed by atoms with E-state index in [2.05, 4.69) is 12.1 Å². The Hall–Kier alpha value is -1.42. The van der Waals surface area contributed by atoms with Gasteiger partial charge in [0.15, 0.2) is 0 Å². The first-order chi connectivity index (χ1) is 11.4. The van der Waals surface area contributed by atoms with Crippen molar-refractivity contribution in [3.63, 3.8) is 0 Å². The number of hydrogen-bond acceptors (Lipinski definition) is 3. The fourth-order valence-electron chi connectivity index (χ4n) is 2.80. The van der Waals surface area contributed by atoms with Crippen LogP contribution in [0.3, 0.4) is 0 Å².